The van der Waals surface area contributed by atoms with Gasteiger partial charge < -0.3 is 20.9 Å². The second-order valence-electron chi connectivity index (χ2n) is 6.61. The first-order chi connectivity index (χ1) is 14.9. The van der Waals surface area contributed by atoms with E-state index >= 15 is 0 Å². The Morgan fingerprint density at radius 3 is 2.39 bits per heavy atom. The van der Waals surface area contributed by atoms with Crippen LogP contribution in [0.4, 0.5) is 18.9 Å². The van der Waals surface area contributed by atoms with Gasteiger partial charge >= 0.3 is 0 Å². The van der Waals surface area contributed by atoms with Gasteiger partial charge in [-0.05, 0) is 48.5 Å². The third-order valence-corrected chi connectivity index (χ3v) is 4.44. The van der Waals surface area contributed by atoms with Gasteiger partial charge in [0, 0.05) is 29.4 Å². The molecule has 4 rings (SSSR count). The minimum absolute atomic E-state index is 0.0755. The first kappa shape index (κ1) is 20.1. The average molecular weight is 423 g/mol. The van der Waals surface area contributed by atoms with Crippen molar-refractivity contribution in [2.45, 2.75) is 0 Å². The molecular formula is C23H16F3N3O2. The number of hydrogen-bond donors (Lipinski definition) is 3. The average Bonchev–Trinajstić information content (AvgIpc) is 2.77. The van der Waals surface area contributed by atoms with Crippen LogP contribution in [0, 0.1) is 17.5 Å². The number of pyridine rings is 1. The molecule has 0 unspecified atom stereocenters. The SMILES string of the molecule is N/C(=C\Nc1cc(F)c(O)c(F)c1)c1ccc2c(Oc3ccc(F)cc3)cccc2n1. The third kappa shape index (κ3) is 4.37. The lowest BCUT2D eigenvalue weighted by atomic mass is 10.1. The number of nitrogens with zero attached hydrogens (tertiary/aromatic N) is 1. The summed E-state index contributed by atoms with van der Waals surface area (Å²) in [5.41, 5.74) is 7.38. The Bertz CT molecular complexity index is 1270. The zero-order chi connectivity index (χ0) is 22.0. The molecule has 8 heteroatoms. The Morgan fingerprint density at radius 1 is 0.968 bits per heavy atom. The number of aromatic nitrogens is 1. The van der Waals surface area contributed by atoms with Crippen LogP contribution >= 0.6 is 0 Å². The molecule has 0 spiro atoms. The van der Waals surface area contributed by atoms with Crippen LogP contribution in [0.1, 0.15) is 5.69 Å². The van der Waals surface area contributed by atoms with Gasteiger partial charge in [-0.3, -0.25) is 0 Å². The smallest absolute Gasteiger partial charge is 0.187 e. The minimum Gasteiger partial charge on any atom is -0.503 e. The number of fused-ring (bicyclic) bond motifs is 1. The maximum absolute atomic E-state index is 13.5. The number of rotatable bonds is 5. The first-order valence-electron chi connectivity index (χ1n) is 9.14. The van der Waals surface area contributed by atoms with Crippen LogP contribution in [-0.4, -0.2) is 10.1 Å². The maximum atomic E-state index is 13.5. The van der Waals surface area contributed by atoms with Crippen LogP contribution in [0.25, 0.3) is 16.6 Å². The number of aromatic hydroxyl groups is 1. The van der Waals surface area contributed by atoms with Crippen molar-refractivity contribution >= 4 is 22.3 Å². The van der Waals surface area contributed by atoms with Crippen LogP contribution < -0.4 is 15.8 Å². The molecule has 0 aliphatic heterocycles. The molecule has 0 radical (unpaired) electrons. The number of nitrogens with one attached hydrogen (secondary N) is 1. The van der Waals surface area contributed by atoms with Crippen molar-refractivity contribution in [3.63, 3.8) is 0 Å². The Hall–Kier alpha value is -4.20. The van der Waals surface area contributed by atoms with Gasteiger partial charge in [-0.1, -0.05) is 6.07 Å². The highest BCUT2D eigenvalue weighted by atomic mass is 19.1. The van der Waals surface area contributed by atoms with Gasteiger partial charge in [-0.15, -0.1) is 0 Å². The maximum Gasteiger partial charge on any atom is 0.187 e. The topological polar surface area (TPSA) is 80.4 Å². The number of hydrogen-bond acceptors (Lipinski definition) is 5. The summed E-state index contributed by atoms with van der Waals surface area (Å²) >= 11 is 0. The lowest BCUT2D eigenvalue weighted by molar-refractivity contribution is 0.396. The molecule has 4 aromatic rings. The number of anilines is 1. The van der Waals surface area contributed by atoms with Gasteiger partial charge in [0.25, 0.3) is 0 Å². The zero-order valence-electron chi connectivity index (χ0n) is 15.9. The van der Waals surface area contributed by atoms with Crippen LogP contribution in [0.3, 0.4) is 0 Å². The predicted octanol–water partition coefficient (Wildman–Crippen LogP) is 5.52. The molecule has 5 nitrogen and oxygen atoms in total. The molecule has 31 heavy (non-hydrogen) atoms. The Morgan fingerprint density at radius 2 is 1.68 bits per heavy atom. The molecule has 0 aliphatic rings. The Kier molecular flexibility index (Phi) is 5.36. The molecule has 1 heterocycles. The zero-order valence-corrected chi connectivity index (χ0v) is 15.9. The van der Waals surface area contributed by atoms with Crippen LogP contribution in [-0.2, 0) is 0 Å². The molecule has 1 aromatic heterocycles. The number of phenols is 1. The summed E-state index contributed by atoms with van der Waals surface area (Å²) in [6, 6.07) is 16.3. The highest BCUT2D eigenvalue weighted by Crippen LogP contribution is 2.30. The Balaban J connectivity index is 1.58. The highest BCUT2D eigenvalue weighted by Gasteiger charge is 2.10. The van der Waals surface area contributed by atoms with Gasteiger partial charge in [-0.25, -0.2) is 18.2 Å². The van der Waals surface area contributed by atoms with Crippen molar-refractivity contribution < 1.29 is 23.0 Å². The standard InChI is InChI=1S/C23H16F3N3O2/c24-13-4-6-15(7-5-13)31-22-3-1-2-20-16(22)8-9-21(29-20)19(27)12-28-14-10-17(25)23(30)18(26)11-14/h1-12,28,30H,27H2/b19-12-. The van der Waals surface area contributed by atoms with E-state index in [1.165, 1.54) is 30.5 Å². The van der Waals surface area contributed by atoms with E-state index in [2.05, 4.69) is 10.3 Å². The van der Waals surface area contributed by atoms with E-state index in [1.54, 1.807) is 30.3 Å². The van der Waals surface area contributed by atoms with Gasteiger partial charge in [0.05, 0.1) is 16.9 Å². The summed E-state index contributed by atoms with van der Waals surface area (Å²) in [5.74, 6) is -2.56. The van der Waals surface area contributed by atoms with E-state index in [1.807, 2.05) is 0 Å². The second-order valence-corrected chi connectivity index (χ2v) is 6.61. The van der Waals surface area contributed by atoms with Crippen LogP contribution in [0.5, 0.6) is 17.2 Å². The summed E-state index contributed by atoms with van der Waals surface area (Å²) in [5, 5.41) is 12.6. The number of halogens is 3. The summed E-state index contributed by atoms with van der Waals surface area (Å²) in [6.07, 6.45) is 1.35. The van der Waals surface area contributed by atoms with Crippen molar-refractivity contribution in [1.82, 2.24) is 4.98 Å². The minimum atomic E-state index is -1.09. The monoisotopic (exact) mass is 423 g/mol. The van der Waals surface area contributed by atoms with E-state index in [9.17, 15) is 13.2 Å². The fourth-order valence-corrected chi connectivity index (χ4v) is 2.89. The van der Waals surface area contributed by atoms with Gasteiger partial charge in [0.1, 0.15) is 17.3 Å². The van der Waals surface area contributed by atoms with Crippen LogP contribution in [0.15, 0.2) is 72.9 Å². The summed E-state index contributed by atoms with van der Waals surface area (Å²) in [6.45, 7) is 0. The number of ether oxygens (including phenoxy) is 1. The van der Waals surface area contributed by atoms with Gasteiger partial charge in [0.2, 0.25) is 0 Å². The fraction of sp³-hybridized carbons (Fsp3) is 0. The van der Waals surface area contributed by atoms with Crippen molar-refractivity contribution in [1.29, 1.82) is 0 Å². The predicted molar refractivity (Wildman–Crippen MR) is 112 cm³/mol. The molecule has 156 valence electrons. The lowest BCUT2D eigenvalue weighted by Gasteiger charge is -2.10. The number of nitrogens with two attached hydrogens (primary N) is 1. The van der Waals surface area contributed by atoms with E-state index in [0.29, 0.717) is 22.7 Å². The summed E-state index contributed by atoms with van der Waals surface area (Å²) in [4.78, 5) is 4.49. The normalized spacial score (nSPS) is 11.5. The highest BCUT2D eigenvalue weighted by molar-refractivity contribution is 5.86. The van der Waals surface area contributed by atoms with Gasteiger partial charge in [0.15, 0.2) is 17.4 Å². The van der Waals surface area contributed by atoms with Gasteiger partial charge in [-0.2, -0.15) is 0 Å². The fourth-order valence-electron chi connectivity index (χ4n) is 2.89. The van der Waals surface area contributed by atoms with Crippen molar-refractivity contribution in [2.24, 2.45) is 5.73 Å². The molecule has 4 N–H and O–H groups in total. The molecule has 0 fully saturated rings. The van der Waals surface area contributed by atoms with Crippen molar-refractivity contribution in [2.75, 3.05) is 5.32 Å². The summed E-state index contributed by atoms with van der Waals surface area (Å²) in [7, 11) is 0. The molecule has 0 aliphatic carbocycles. The summed E-state index contributed by atoms with van der Waals surface area (Å²) < 4.78 is 45.8. The van der Waals surface area contributed by atoms with E-state index in [0.717, 1.165) is 17.5 Å². The lowest BCUT2D eigenvalue weighted by Crippen LogP contribution is -2.03. The van der Waals surface area contributed by atoms with Crippen molar-refractivity contribution in [3.8, 4) is 17.2 Å². The molecule has 3 aromatic carbocycles. The number of benzene rings is 3. The Labute approximate surface area is 175 Å². The largest absolute Gasteiger partial charge is 0.503 e. The molecule has 0 saturated heterocycles. The number of phenolic OH excluding ortho intramolecular Hbond substituents is 1. The van der Waals surface area contributed by atoms with Crippen LogP contribution in [0.2, 0.25) is 0 Å². The molecular weight excluding hydrogens is 407 g/mol. The molecule has 0 amide bonds. The molecule has 0 bridgehead atoms. The molecule has 0 atom stereocenters. The second kappa shape index (κ2) is 8.27. The van der Waals surface area contributed by atoms with E-state index in [-0.39, 0.29) is 17.2 Å². The third-order valence-electron chi connectivity index (χ3n) is 4.44. The van der Waals surface area contributed by atoms with E-state index < -0.39 is 17.4 Å². The first-order valence-corrected chi connectivity index (χ1v) is 9.14. The quantitative estimate of drug-likeness (QED) is 0.369. The molecule has 0 saturated carbocycles. The van der Waals surface area contributed by atoms with Crippen molar-refractivity contribution in [3.05, 3.63) is 96.1 Å². The van der Waals surface area contributed by atoms with E-state index in [4.69, 9.17) is 15.6 Å².